The highest BCUT2D eigenvalue weighted by atomic mass is 15.1. The van der Waals surface area contributed by atoms with Crippen LogP contribution in [-0.2, 0) is 0 Å². The van der Waals surface area contributed by atoms with E-state index >= 15 is 0 Å². The number of nitrogens with zero attached hydrogens (tertiary/aromatic N) is 2. The van der Waals surface area contributed by atoms with Crippen LogP contribution in [0.25, 0.3) is 5.65 Å². The number of hydrogen-bond acceptors (Lipinski definition) is 2. The van der Waals surface area contributed by atoms with Crippen molar-refractivity contribution in [3.63, 3.8) is 0 Å². The molecule has 0 radical (unpaired) electrons. The van der Waals surface area contributed by atoms with E-state index < -0.39 is 0 Å². The van der Waals surface area contributed by atoms with Gasteiger partial charge in [-0.3, -0.25) is 4.40 Å². The molecule has 0 spiro atoms. The van der Waals surface area contributed by atoms with Crippen molar-refractivity contribution in [2.24, 2.45) is 0 Å². The van der Waals surface area contributed by atoms with Crippen molar-refractivity contribution >= 4 is 11.5 Å². The van der Waals surface area contributed by atoms with Gasteiger partial charge in [0.05, 0.1) is 5.69 Å². The fourth-order valence-electron chi connectivity index (χ4n) is 2.74. The van der Waals surface area contributed by atoms with Gasteiger partial charge in [0.15, 0.2) is 0 Å². The molecule has 3 heteroatoms. The maximum absolute atomic E-state index is 6.19. The van der Waals surface area contributed by atoms with Gasteiger partial charge < -0.3 is 5.73 Å². The second kappa shape index (κ2) is 3.51. The van der Waals surface area contributed by atoms with Crippen molar-refractivity contribution in [2.75, 3.05) is 5.73 Å². The van der Waals surface area contributed by atoms with Gasteiger partial charge in [0.1, 0.15) is 11.5 Å². The van der Waals surface area contributed by atoms with Gasteiger partial charge in [-0.25, -0.2) is 4.98 Å². The lowest BCUT2D eigenvalue weighted by molar-refractivity contribution is 0.706. The molecular formula is C13H17N3. The number of rotatable bonds is 1. The number of anilines is 1. The molecule has 0 unspecified atom stereocenters. The van der Waals surface area contributed by atoms with E-state index in [1.807, 2.05) is 16.7 Å². The Morgan fingerprint density at radius 3 is 2.81 bits per heavy atom. The van der Waals surface area contributed by atoms with Gasteiger partial charge >= 0.3 is 0 Å². The van der Waals surface area contributed by atoms with Crippen molar-refractivity contribution in [1.82, 2.24) is 9.38 Å². The van der Waals surface area contributed by atoms with Gasteiger partial charge in [-0.1, -0.05) is 18.9 Å². The van der Waals surface area contributed by atoms with Crippen LogP contribution in [0.5, 0.6) is 0 Å². The first kappa shape index (κ1) is 9.70. The Labute approximate surface area is 95.3 Å². The highest BCUT2D eigenvalue weighted by Crippen LogP contribution is 2.36. The summed E-state index contributed by atoms with van der Waals surface area (Å²) in [5.41, 5.74) is 9.51. The molecule has 1 saturated carbocycles. The number of pyridine rings is 1. The van der Waals surface area contributed by atoms with Crippen LogP contribution in [-0.4, -0.2) is 9.38 Å². The van der Waals surface area contributed by atoms with Crippen LogP contribution >= 0.6 is 0 Å². The standard InChI is InChI=1S/C13H17N3/c1-9-5-4-8-16-12(14)11(15-13(9)16)10-6-2-3-7-10/h4-5,8,10H,2-3,6-7,14H2,1H3. The van der Waals surface area contributed by atoms with Crippen LogP contribution in [0.15, 0.2) is 18.3 Å². The molecule has 1 aliphatic rings. The van der Waals surface area contributed by atoms with Crippen molar-refractivity contribution < 1.29 is 0 Å². The Hall–Kier alpha value is -1.51. The summed E-state index contributed by atoms with van der Waals surface area (Å²) in [5, 5.41) is 0. The van der Waals surface area contributed by atoms with Crippen LogP contribution in [0.2, 0.25) is 0 Å². The number of hydrogen-bond donors (Lipinski definition) is 1. The van der Waals surface area contributed by atoms with E-state index in [1.165, 1.54) is 31.2 Å². The molecule has 0 saturated heterocycles. The molecule has 2 N–H and O–H groups in total. The van der Waals surface area contributed by atoms with Crippen LogP contribution in [0, 0.1) is 6.92 Å². The SMILES string of the molecule is Cc1cccn2c(N)c(C3CCCC3)nc12. The Morgan fingerprint density at radius 1 is 1.38 bits per heavy atom. The molecule has 1 aliphatic carbocycles. The minimum absolute atomic E-state index is 0.583. The third-order valence-corrected chi connectivity index (χ3v) is 3.65. The lowest BCUT2D eigenvalue weighted by Crippen LogP contribution is -1.99. The molecule has 0 aliphatic heterocycles. The van der Waals surface area contributed by atoms with Crippen LogP contribution < -0.4 is 5.73 Å². The monoisotopic (exact) mass is 215 g/mol. The van der Waals surface area contributed by atoms with E-state index in [9.17, 15) is 0 Å². The summed E-state index contributed by atoms with van der Waals surface area (Å²) in [6, 6.07) is 4.11. The van der Waals surface area contributed by atoms with Gasteiger partial charge in [-0.2, -0.15) is 0 Å². The molecule has 2 aromatic rings. The summed E-state index contributed by atoms with van der Waals surface area (Å²) in [6.45, 7) is 2.08. The fraction of sp³-hybridized carbons (Fsp3) is 0.462. The Kier molecular flexibility index (Phi) is 2.13. The smallest absolute Gasteiger partial charge is 0.141 e. The maximum atomic E-state index is 6.19. The average molecular weight is 215 g/mol. The molecule has 3 rings (SSSR count). The Morgan fingerprint density at radius 2 is 2.12 bits per heavy atom. The minimum atomic E-state index is 0.583. The van der Waals surface area contributed by atoms with Gasteiger partial charge in [0.25, 0.3) is 0 Å². The number of imidazole rings is 1. The summed E-state index contributed by atoms with van der Waals surface area (Å²) >= 11 is 0. The van der Waals surface area contributed by atoms with Gasteiger partial charge in [-0.05, 0) is 31.4 Å². The zero-order chi connectivity index (χ0) is 11.1. The quantitative estimate of drug-likeness (QED) is 0.794. The molecular weight excluding hydrogens is 198 g/mol. The normalized spacial score (nSPS) is 17.3. The second-order valence-corrected chi connectivity index (χ2v) is 4.75. The molecule has 2 heterocycles. The van der Waals surface area contributed by atoms with Crippen molar-refractivity contribution in [3.8, 4) is 0 Å². The van der Waals surface area contributed by atoms with Gasteiger partial charge in [-0.15, -0.1) is 0 Å². The third-order valence-electron chi connectivity index (χ3n) is 3.65. The molecule has 84 valence electrons. The molecule has 2 aromatic heterocycles. The average Bonchev–Trinajstić information content (AvgIpc) is 2.88. The van der Waals surface area contributed by atoms with E-state index in [4.69, 9.17) is 10.7 Å². The first-order chi connectivity index (χ1) is 7.77. The zero-order valence-electron chi connectivity index (χ0n) is 9.61. The highest BCUT2D eigenvalue weighted by Gasteiger charge is 2.23. The lowest BCUT2D eigenvalue weighted by atomic mass is 10.0. The largest absolute Gasteiger partial charge is 0.383 e. The van der Waals surface area contributed by atoms with E-state index in [2.05, 4.69) is 13.0 Å². The zero-order valence-corrected chi connectivity index (χ0v) is 9.61. The number of fused-ring (bicyclic) bond motifs is 1. The summed E-state index contributed by atoms with van der Waals surface area (Å²) in [6.07, 6.45) is 7.12. The van der Waals surface area contributed by atoms with E-state index in [-0.39, 0.29) is 0 Å². The highest BCUT2D eigenvalue weighted by molar-refractivity contribution is 5.57. The first-order valence-corrected chi connectivity index (χ1v) is 6.00. The Bertz CT molecular complexity index is 521. The number of aryl methyl sites for hydroxylation is 1. The molecule has 16 heavy (non-hydrogen) atoms. The van der Waals surface area contributed by atoms with Crippen molar-refractivity contribution in [3.05, 3.63) is 29.6 Å². The summed E-state index contributed by atoms with van der Waals surface area (Å²) < 4.78 is 2.02. The van der Waals surface area contributed by atoms with Crippen LogP contribution in [0.1, 0.15) is 42.9 Å². The molecule has 0 amide bonds. The number of nitrogens with two attached hydrogens (primary N) is 1. The van der Waals surface area contributed by atoms with Crippen LogP contribution in [0.3, 0.4) is 0 Å². The molecule has 0 aromatic carbocycles. The first-order valence-electron chi connectivity index (χ1n) is 6.00. The molecule has 0 atom stereocenters. The Balaban J connectivity index is 2.18. The third kappa shape index (κ3) is 1.31. The topological polar surface area (TPSA) is 43.3 Å². The maximum Gasteiger partial charge on any atom is 0.141 e. The van der Waals surface area contributed by atoms with Gasteiger partial charge in [0, 0.05) is 12.1 Å². The molecule has 0 bridgehead atoms. The molecule has 1 fully saturated rings. The van der Waals surface area contributed by atoms with Gasteiger partial charge in [0.2, 0.25) is 0 Å². The van der Waals surface area contributed by atoms with E-state index in [0.29, 0.717) is 5.92 Å². The van der Waals surface area contributed by atoms with E-state index in [0.717, 1.165) is 17.2 Å². The lowest BCUT2D eigenvalue weighted by Gasteiger charge is -2.05. The minimum Gasteiger partial charge on any atom is -0.383 e. The van der Waals surface area contributed by atoms with Crippen molar-refractivity contribution in [2.45, 2.75) is 38.5 Å². The van der Waals surface area contributed by atoms with Crippen LogP contribution in [0.4, 0.5) is 5.82 Å². The molecule has 3 nitrogen and oxygen atoms in total. The van der Waals surface area contributed by atoms with E-state index in [1.54, 1.807) is 0 Å². The number of aromatic nitrogens is 2. The summed E-state index contributed by atoms with van der Waals surface area (Å²) in [5.74, 6) is 1.42. The fourth-order valence-corrected chi connectivity index (χ4v) is 2.74. The second-order valence-electron chi connectivity index (χ2n) is 4.75. The number of nitrogen functional groups attached to an aromatic ring is 1. The predicted octanol–water partition coefficient (Wildman–Crippen LogP) is 2.88. The predicted molar refractivity (Wildman–Crippen MR) is 65.6 cm³/mol. The summed E-state index contributed by atoms with van der Waals surface area (Å²) in [4.78, 5) is 4.73. The summed E-state index contributed by atoms with van der Waals surface area (Å²) in [7, 11) is 0. The van der Waals surface area contributed by atoms with Crippen molar-refractivity contribution in [1.29, 1.82) is 0 Å².